The number of primary amides is 1. The predicted molar refractivity (Wildman–Crippen MR) is 120 cm³/mol. The van der Waals surface area contributed by atoms with E-state index in [1.807, 2.05) is 97.9 Å². The molecule has 0 saturated carbocycles. The Balaban J connectivity index is 2.00. The van der Waals surface area contributed by atoms with Gasteiger partial charge in [0.25, 0.3) is 5.91 Å². The van der Waals surface area contributed by atoms with Crippen LogP contribution in [-0.4, -0.2) is 30.1 Å². The van der Waals surface area contributed by atoms with Gasteiger partial charge in [-0.1, -0.05) is 97.9 Å². The Bertz CT molecular complexity index is 882. The first kappa shape index (κ1) is 22.1. The van der Waals surface area contributed by atoms with Crippen molar-refractivity contribution >= 4 is 11.9 Å². The minimum atomic E-state index is -1.01. The molecule has 0 aliphatic rings. The molecule has 160 valence electrons. The Morgan fingerprint density at radius 1 is 0.839 bits per heavy atom. The minimum absolute atomic E-state index is 0.272. The SMILES string of the molecule is CCCN(NC(=O)COC(c1ccccc1)(c1ccccc1)c1ccccc1)C(N)=O. The maximum absolute atomic E-state index is 12.7. The summed E-state index contributed by atoms with van der Waals surface area (Å²) in [7, 11) is 0. The average Bonchev–Trinajstić information content (AvgIpc) is 2.81. The summed E-state index contributed by atoms with van der Waals surface area (Å²) in [4.78, 5) is 24.3. The van der Waals surface area contributed by atoms with Crippen molar-refractivity contribution in [3.63, 3.8) is 0 Å². The monoisotopic (exact) mass is 417 g/mol. The molecule has 0 fully saturated rings. The second-order valence-corrected chi connectivity index (χ2v) is 7.09. The Hall–Kier alpha value is -3.64. The Morgan fingerprint density at radius 3 is 1.61 bits per heavy atom. The highest BCUT2D eigenvalue weighted by Gasteiger charge is 2.38. The van der Waals surface area contributed by atoms with E-state index in [1.54, 1.807) is 0 Å². The Morgan fingerprint density at radius 2 is 1.26 bits per heavy atom. The summed E-state index contributed by atoms with van der Waals surface area (Å²) < 4.78 is 6.42. The maximum Gasteiger partial charge on any atom is 0.333 e. The number of amides is 3. The van der Waals surface area contributed by atoms with Crippen LogP contribution in [0.1, 0.15) is 30.0 Å². The number of urea groups is 1. The van der Waals surface area contributed by atoms with Crippen molar-refractivity contribution < 1.29 is 14.3 Å². The Kier molecular flexibility index (Phi) is 7.40. The van der Waals surface area contributed by atoms with Crippen LogP contribution in [0.3, 0.4) is 0 Å². The fourth-order valence-electron chi connectivity index (χ4n) is 3.57. The van der Waals surface area contributed by atoms with Crippen molar-refractivity contribution in [2.24, 2.45) is 5.73 Å². The number of benzene rings is 3. The molecule has 0 aliphatic carbocycles. The van der Waals surface area contributed by atoms with Crippen LogP contribution < -0.4 is 11.2 Å². The standard InChI is InChI=1S/C25H27N3O3/c1-2-18-28(24(26)30)27-23(29)19-31-25(20-12-6-3-7-13-20,21-14-8-4-9-15-21)22-16-10-5-11-17-22/h3-17H,2,18-19H2,1H3,(H2,26,30)(H,27,29). The molecule has 0 unspecified atom stereocenters. The number of hydrogen-bond donors (Lipinski definition) is 2. The van der Waals surface area contributed by atoms with Gasteiger partial charge in [0, 0.05) is 6.54 Å². The van der Waals surface area contributed by atoms with Gasteiger partial charge < -0.3 is 10.5 Å². The molecule has 0 radical (unpaired) electrons. The molecule has 0 aromatic heterocycles. The summed E-state index contributed by atoms with van der Waals surface area (Å²) in [6.07, 6.45) is 0.659. The van der Waals surface area contributed by atoms with E-state index < -0.39 is 17.5 Å². The van der Waals surface area contributed by atoms with Crippen molar-refractivity contribution in [1.29, 1.82) is 0 Å². The van der Waals surface area contributed by atoms with Crippen LogP contribution in [0.2, 0.25) is 0 Å². The van der Waals surface area contributed by atoms with E-state index in [4.69, 9.17) is 10.5 Å². The van der Waals surface area contributed by atoms with Gasteiger partial charge in [0.15, 0.2) is 0 Å². The zero-order valence-corrected chi connectivity index (χ0v) is 17.5. The maximum atomic E-state index is 12.7. The summed E-state index contributed by atoms with van der Waals surface area (Å²) in [6, 6.07) is 28.6. The van der Waals surface area contributed by atoms with E-state index in [0.717, 1.165) is 21.7 Å². The molecule has 3 amide bonds. The number of rotatable bonds is 8. The molecule has 3 aromatic carbocycles. The smallest absolute Gasteiger partial charge is 0.333 e. The molecule has 0 spiro atoms. The average molecular weight is 418 g/mol. The fraction of sp³-hybridized carbons (Fsp3) is 0.200. The number of nitrogens with one attached hydrogen (secondary N) is 1. The first-order chi connectivity index (χ1) is 15.1. The largest absolute Gasteiger partial charge is 0.351 e. The number of nitrogens with two attached hydrogens (primary N) is 1. The first-order valence-corrected chi connectivity index (χ1v) is 10.2. The van der Waals surface area contributed by atoms with Gasteiger partial charge in [0.05, 0.1) is 0 Å². The van der Waals surface area contributed by atoms with Crippen molar-refractivity contribution in [2.75, 3.05) is 13.2 Å². The van der Waals surface area contributed by atoms with Crippen LogP contribution in [0, 0.1) is 0 Å². The number of hydrazine groups is 1. The van der Waals surface area contributed by atoms with E-state index in [-0.39, 0.29) is 6.61 Å². The lowest BCUT2D eigenvalue weighted by molar-refractivity contribution is -0.133. The predicted octanol–water partition coefficient (Wildman–Crippen LogP) is 3.82. The molecule has 0 heterocycles. The highest BCUT2D eigenvalue weighted by Crippen LogP contribution is 2.40. The van der Waals surface area contributed by atoms with Crippen LogP contribution in [0.25, 0.3) is 0 Å². The third kappa shape index (κ3) is 5.10. The van der Waals surface area contributed by atoms with E-state index in [0.29, 0.717) is 13.0 Å². The molecule has 6 nitrogen and oxygen atoms in total. The molecule has 0 aliphatic heterocycles. The van der Waals surface area contributed by atoms with Crippen molar-refractivity contribution in [2.45, 2.75) is 18.9 Å². The van der Waals surface area contributed by atoms with E-state index in [1.165, 1.54) is 0 Å². The molecule has 31 heavy (non-hydrogen) atoms. The minimum Gasteiger partial charge on any atom is -0.351 e. The van der Waals surface area contributed by atoms with Gasteiger partial charge >= 0.3 is 6.03 Å². The molecule has 6 heteroatoms. The summed E-state index contributed by atoms with van der Waals surface area (Å²) in [5, 5.41) is 1.10. The fourth-order valence-corrected chi connectivity index (χ4v) is 3.57. The molecule has 3 aromatic rings. The second-order valence-electron chi connectivity index (χ2n) is 7.09. The third-order valence-electron chi connectivity index (χ3n) is 4.93. The van der Waals surface area contributed by atoms with Crippen LogP contribution >= 0.6 is 0 Å². The Labute approximate surface area is 182 Å². The summed E-state index contributed by atoms with van der Waals surface area (Å²) in [5.74, 6) is -0.459. The quantitative estimate of drug-likeness (QED) is 0.432. The molecule has 0 bridgehead atoms. The zero-order valence-electron chi connectivity index (χ0n) is 17.5. The van der Waals surface area contributed by atoms with Crippen molar-refractivity contribution in [1.82, 2.24) is 10.4 Å². The van der Waals surface area contributed by atoms with Gasteiger partial charge in [-0.2, -0.15) is 0 Å². The summed E-state index contributed by atoms with van der Waals surface area (Å²) in [5.41, 5.74) is 9.55. The van der Waals surface area contributed by atoms with Crippen LogP contribution in [0.15, 0.2) is 91.0 Å². The summed E-state index contributed by atoms with van der Waals surface area (Å²) in [6.45, 7) is 1.94. The molecule has 3 N–H and O–H groups in total. The van der Waals surface area contributed by atoms with Crippen LogP contribution in [0.5, 0.6) is 0 Å². The van der Waals surface area contributed by atoms with Gasteiger partial charge in [0.1, 0.15) is 12.2 Å². The third-order valence-corrected chi connectivity index (χ3v) is 4.93. The van der Waals surface area contributed by atoms with E-state index in [2.05, 4.69) is 5.43 Å². The number of nitrogens with zero attached hydrogens (tertiary/aromatic N) is 1. The highest BCUT2D eigenvalue weighted by molar-refractivity contribution is 5.81. The second kappa shape index (κ2) is 10.4. The van der Waals surface area contributed by atoms with Gasteiger partial charge in [-0.3, -0.25) is 10.2 Å². The number of carbonyl (C=O) groups excluding carboxylic acids is 2. The van der Waals surface area contributed by atoms with Gasteiger partial charge in [-0.15, -0.1) is 0 Å². The van der Waals surface area contributed by atoms with Crippen molar-refractivity contribution in [3.8, 4) is 0 Å². The topological polar surface area (TPSA) is 84.7 Å². The van der Waals surface area contributed by atoms with Crippen LogP contribution in [0.4, 0.5) is 4.79 Å². The van der Waals surface area contributed by atoms with Gasteiger partial charge in [-0.25, -0.2) is 9.80 Å². The highest BCUT2D eigenvalue weighted by atomic mass is 16.5. The lowest BCUT2D eigenvalue weighted by Gasteiger charge is -2.36. The molecule has 0 saturated heterocycles. The number of ether oxygens (including phenoxy) is 1. The molecule has 0 atom stereocenters. The first-order valence-electron chi connectivity index (χ1n) is 10.2. The zero-order chi connectivity index (χ0) is 22.1. The molecular formula is C25H27N3O3. The number of carbonyl (C=O) groups is 2. The van der Waals surface area contributed by atoms with E-state index >= 15 is 0 Å². The van der Waals surface area contributed by atoms with E-state index in [9.17, 15) is 9.59 Å². The lowest BCUT2D eigenvalue weighted by Crippen LogP contribution is -2.50. The normalized spacial score (nSPS) is 11.0. The summed E-state index contributed by atoms with van der Waals surface area (Å²) >= 11 is 0. The van der Waals surface area contributed by atoms with Gasteiger partial charge in [-0.05, 0) is 23.1 Å². The van der Waals surface area contributed by atoms with Crippen molar-refractivity contribution in [3.05, 3.63) is 108 Å². The molecular weight excluding hydrogens is 390 g/mol. The molecule has 3 rings (SSSR count). The van der Waals surface area contributed by atoms with Gasteiger partial charge in [0.2, 0.25) is 0 Å². The van der Waals surface area contributed by atoms with Crippen LogP contribution in [-0.2, 0) is 15.1 Å². The number of hydrogen-bond acceptors (Lipinski definition) is 3. The lowest BCUT2D eigenvalue weighted by atomic mass is 9.80.